The van der Waals surface area contributed by atoms with Gasteiger partial charge in [-0.25, -0.2) is 4.98 Å². The van der Waals surface area contributed by atoms with Gasteiger partial charge in [-0.15, -0.1) is 10.2 Å². The van der Waals surface area contributed by atoms with E-state index in [0.29, 0.717) is 37.8 Å². The van der Waals surface area contributed by atoms with Crippen LogP contribution in [0.4, 0.5) is 17.5 Å². The zero-order valence-electron chi connectivity index (χ0n) is 15.1. The van der Waals surface area contributed by atoms with Gasteiger partial charge in [0.05, 0.1) is 0 Å². The third-order valence-electron chi connectivity index (χ3n) is 4.17. The van der Waals surface area contributed by atoms with Gasteiger partial charge in [-0.3, -0.25) is 0 Å². The van der Waals surface area contributed by atoms with Crippen LogP contribution in [0.2, 0.25) is 0 Å². The molecule has 0 unspecified atom stereocenters. The quantitative estimate of drug-likeness (QED) is 0.825. The average molecular weight is 377 g/mol. The summed E-state index contributed by atoms with van der Waals surface area (Å²) >= 11 is 0. The van der Waals surface area contributed by atoms with Crippen LogP contribution in [-0.2, 0) is 10.2 Å². The number of nitrogens with one attached hydrogen (secondary N) is 1. The predicted molar refractivity (Wildman–Crippen MR) is 101 cm³/mol. The van der Waals surface area contributed by atoms with Crippen molar-refractivity contribution >= 4 is 27.7 Å². The number of pyridine rings is 1. The molecule has 2 aromatic heterocycles. The summed E-state index contributed by atoms with van der Waals surface area (Å²) in [5, 5.41) is 11.5. The number of hydrogen-bond donors (Lipinski definition) is 1. The van der Waals surface area contributed by atoms with Crippen LogP contribution in [0.3, 0.4) is 0 Å². The van der Waals surface area contributed by atoms with Crippen molar-refractivity contribution in [3.63, 3.8) is 0 Å². The lowest BCUT2D eigenvalue weighted by Gasteiger charge is -2.35. The Balaban J connectivity index is 1.60. The first kappa shape index (κ1) is 18.5. The maximum absolute atomic E-state index is 12.2. The van der Waals surface area contributed by atoms with Crippen molar-refractivity contribution < 1.29 is 8.42 Å². The lowest BCUT2D eigenvalue weighted by molar-refractivity contribution is 0.354. The van der Waals surface area contributed by atoms with Crippen molar-refractivity contribution in [3.05, 3.63) is 36.0 Å². The van der Waals surface area contributed by atoms with E-state index in [9.17, 15) is 8.42 Å². The van der Waals surface area contributed by atoms with Gasteiger partial charge in [0.15, 0.2) is 11.6 Å². The fraction of sp³-hybridized carbons (Fsp3) is 0.438. The van der Waals surface area contributed by atoms with Crippen molar-refractivity contribution in [2.75, 3.05) is 50.5 Å². The minimum atomic E-state index is -3.36. The van der Waals surface area contributed by atoms with Crippen molar-refractivity contribution in [2.24, 2.45) is 0 Å². The summed E-state index contributed by atoms with van der Waals surface area (Å²) in [5.41, 5.74) is 1.09. The van der Waals surface area contributed by atoms with Crippen molar-refractivity contribution in [1.82, 2.24) is 23.8 Å². The molecular formula is C16H23N7O2S. The van der Waals surface area contributed by atoms with Crippen molar-refractivity contribution in [3.8, 4) is 0 Å². The van der Waals surface area contributed by atoms with E-state index in [-0.39, 0.29) is 0 Å². The first-order valence-corrected chi connectivity index (χ1v) is 9.72. The Kier molecular flexibility index (Phi) is 5.35. The average Bonchev–Trinajstić information content (AvgIpc) is 2.64. The Morgan fingerprint density at radius 3 is 2.23 bits per heavy atom. The van der Waals surface area contributed by atoms with Crippen LogP contribution >= 0.6 is 0 Å². The standard InChI is InChI=1S/C16H23N7O2S/c1-13-4-5-14(17-12-13)18-15-6-7-16(20-19-15)22-8-10-23(11-9-22)26(24,25)21(2)3/h4-7,12H,8-11H2,1-3H3,(H,17,18,19). The second kappa shape index (κ2) is 7.52. The molecule has 1 N–H and O–H groups in total. The Morgan fingerprint density at radius 1 is 1.00 bits per heavy atom. The van der Waals surface area contributed by atoms with Crippen LogP contribution in [0.15, 0.2) is 30.5 Å². The Labute approximate surface area is 153 Å². The van der Waals surface area contributed by atoms with Crippen LogP contribution in [0.25, 0.3) is 0 Å². The highest BCUT2D eigenvalue weighted by molar-refractivity contribution is 7.86. The predicted octanol–water partition coefficient (Wildman–Crippen LogP) is 0.852. The summed E-state index contributed by atoms with van der Waals surface area (Å²) in [7, 11) is -0.276. The van der Waals surface area contributed by atoms with E-state index in [1.165, 1.54) is 8.61 Å². The SMILES string of the molecule is Cc1ccc(Nc2ccc(N3CCN(S(=O)(=O)N(C)C)CC3)nn2)nc1. The second-order valence-corrected chi connectivity index (χ2v) is 8.44. The second-order valence-electron chi connectivity index (χ2n) is 6.30. The molecular weight excluding hydrogens is 354 g/mol. The minimum absolute atomic E-state index is 0.426. The molecule has 140 valence electrons. The number of piperazine rings is 1. The zero-order chi connectivity index (χ0) is 18.7. The Bertz CT molecular complexity index is 830. The summed E-state index contributed by atoms with van der Waals surface area (Å²) in [6, 6.07) is 7.57. The molecule has 0 saturated carbocycles. The van der Waals surface area contributed by atoms with E-state index in [1.807, 2.05) is 36.1 Å². The van der Waals surface area contributed by atoms with E-state index in [0.717, 1.165) is 11.4 Å². The highest BCUT2D eigenvalue weighted by Gasteiger charge is 2.29. The molecule has 0 aromatic carbocycles. The van der Waals surface area contributed by atoms with Crippen molar-refractivity contribution in [2.45, 2.75) is 6.92 Å². The van der Waals surface area contributed by atoms with Gasteiger partial charge in [0.25, 0.3) is 10.2 Å². The number of nitrogens with zero attached hydrogens (tertiary/aromatic N) is 6. The largest absolute Gasteiger partial charge is 0.352 e. The molecule has 0 radical (unpaired) electrons. The first-order chi connectivity index (χ1) is 12.4. The summed E-state index contributed by atoms with van der Waals surface area (Å²) in [5.74, 6) is 2.05. The number of aryl methyl sites for hydroxylation is 1. The summed E-state index contributed by atoms with van der Waals surface area (Å²) in [6.07, 6.45) is 1.78. The minimum Gasteiger partial charge on any atom is -0.352 e. The number of rotatable bonds is 5. The molecule has 0 spiro atoms. The maximum Gasteiger partial charge on any atom is 0.281 e. The smallest absolute Gasteiger partial charge is 0.281 e. The van der Waals surface area contributed by atoms with Gasteiger partial charge in [-0.1, -0.05) is 6.07 Å². The van der Waals surface area contributed by atoms with E-state index in [1.54, 1.807) is 20.3 Å². The molecule has 0 aliphatic carbocycles. The Morgan fingerprint density at radius 2 is 1.69 bits per heavy atom. The highest BCUT2D eigenvalue weighted by Crippen LogP contribution is 2.18. The number of anilines is 3. The lowest BCUT2D eigenvalue weighted by Crippen LogP contribution is -2.51. The summed E-state index contributed by atoms with van der Waals surface area (Å²) in [4.78, 5) is 6.31. The monoisotopic (exact) mass is 377 g/mol. The lowest BCUT2D eigenvalue weighted by atomic mass is 10.3. The van der Waals surface area contributed by atoms with Crippen LogP contribution in [0, 0.1) is 6.92 Å². The summed E-state index contributed by atoms with van der Waals surface area (Å²) < 4.78 is 27.0. The maximum atomic E-state index is 12.2. The van der Waals surface area contributed by atoms with Gasteiger partial charge in [-0.2, -0.15) is 17.0 Å². The van der Waals surface area contributed by atoms with Gasteiger partial charge in [0.2, 0.25) is 0 Å². The molecule has 10 heteroatoms. The van der Waals surface area contributed by atoms with E-state index in [2.05, 4.69) is 20.5 Å². The van der Waals surface area contributed by atoms with Crippen LogP contribution in [-0.4, -0.2) is 72.5 Å². The van der Waals surface area contributed by atoms with Gasteiger partial charge < -0.3 is 10.2 Å². The highest BCUT2D eigenvalue weighted by atomic mass is 32.2. The van der Waals surface area contributed by atoms with E-state index in [4.69, 9.17) is 0 Å². The molecule has 0 bridgehead atoms. The summed E-state index contributed by atoms with van der Waals surface area (Å²) in [6.45, 7) is 3.99. The molecule has 1 aliphatic rings. The van der Waals surface area contributed by atoms with Crippen LogP contribution in [0.1, 0.15) is 5.56 Å². The normalized spacial score (nSPS) is 16.1. The molecule has 26 heavy (non-hydrogen) atoms. The third-order valence-corrected chi connectivity index (χ3v) is 6.11. The van der Waals surface area contributed by atoms with E-state index < -0.39 is 10.2 Å². The van der Waals surface area contributed by atoms with Gasteiger partial charge in [0, 0.05) is 46.5 Å². The van der Waals surface area contributed by atoms with Gasteiger partial charge in [-0.05, 0) is 30.7 Å². The Hall–Kier alpha value is -2.30. The number of hydrogen-bond acceptors (Lipinski definition) is 7. The molecule has 2 aromatic rings. The molecule has 3 heterocycles. The first-order valence-electron chi connectivity index (χ1n) is 8.32. The molecule has 3 rings (SSSR count). The van der Waals surface area contributed by atoms with Crippen LogP contribution in [0.5, 0.6) is 0 Å². The fourth-order valence-electron chi connectivity index (χ4n) is 2.61. The molecule has 1 fully saturated rings. The third kappa shape index (κ3) is 4.09. The fourth-order valence-corrected chi connectivity index (χ4v) is 3.70. The van der Waals surface area contributed by atoms with E-state index >= 15 is 0 Å². The molecule has 1 saturated heterocycles. The molecule has 0 amide bonds. The topological polar surface area (TPSA) is 94.6 Å². The number of aromatic nitrogens is 3. The van der Waals surface area contributed by atoms with Gasteiger partial charge >= 0.3 is 0 Å². The molecule has 0 atom stereocenters. The van der Waals surface area contributed by atoms with Gasteiger partial charge in [0.1, 0.15) is 5.82 Å². The van der Waals surface area contributed by atoms with Crippen LogP contribution < -0.4 is 10.2 Å². The molecule has 1 aliphatic heterocycles. The molecule has 9 nitrogen and oxygen atoms in total. The van der Waals surface area contributed by atoms with Crippen molar-refractivity contribution in [1.29, 1.82) is 0 Å². The zero-order valence-corrected chi connectivity index (χ0v) is 15.9.